The van der Waals surface area contributed by atoms with Gasteiger partial charge in [-0.25, -0.2) is 4.79 Å². The van der Waals surface area contributed by atoms with Crippen LogP contribution in [-0.2, 0) is 14.4 Å². The number of fused-ring (bicyclic) bond motifs is 7. The van der Waals surface area contributed by atoms with Crippen molar-refractivity contribution in [3.8, 4) is 0 Å². The number of aromatic carboxylic acids is 1. The minimum atomic E-state index is -0.914. The van der Waals surface area contributed by atoms with Crippen LogP contribution in [0, 0.1) is 51.2 Å². The Kier molecular flexibility index (Phi) is 10.1. The van der Waals surface area contributed by atoms with E-state index in [1.807, 2.05) is 17.0 Å². The van der Waals surface area contributed by atoms with E-state index in [0.29, 0.717) is 48.2 Å². The van der Waals surface area contributed by atoms with Crippen LogP contribution < -0.4 is 5.32 Å². The van der Waals surface area contributed by atoms with Gasteiger partial charge in [-0.1, -0.05) is 52.3 Å². The summed E-state index contributed by atoms with van der Waals surface area (Å²) in [5, 5.41) is 31.0. The summed E-state index contributed by atoms with van der Waals surface area (Å²) in [6, 6.07) is 7.43. The molecule has 8 unspecified atom stereocenters. The number of rotatable bonds is 12. The van der Waals surface area contributed by atoms with Crippen LogP contribution >= 0.6 is 0 Å². The maximum Gasteiger partial charge on any atom is 0.335 e. The molecule has 0 heterocycles. The molecule has 4 N–H and O–H groups in total. The average molecular weight is 691 g/mol. The number of carbonyl (C=O) groups is 4. The van der Waals surface area contributed by atoms with Crippen LogP contribution in [0.25, 0.3) is 5.57 Å². The van der Waals surface area contributed by atoms with Gasteiger partial charge in [0.25, 0.3) is 0 Å². The Balaban J connectivity index is 1.16. The highest BCUT2D eigenvalue weighted by Gasteiger charge is 2.66. The number of amides is 1. The van der Waals surface area contributed by atoms with Crippen molar-refractivity contribution in [1.82, 2.24) is 10.2 Å². The summed E-state index contributed by atoms with van der Waals surface area (Å²) in [5.41, 5.74) is 2.86. The second kappa shape index (κ2) is 13.7. The molecule has 4 fully saturated rings. The smallest absolute Gasteiger partial charge is 0.335 e. The Morgan fingerprint density at radius 2 is 1.44 bits per heavy atom. The molecule has 5 aliphatic rings. The average Bonchev–Trinajstić information content (AvgIpc) is 3.51. The molecule has 6 rings (SSSR count). The van der Waals surface area contributed by atoms with Crippen molar-refractivity contribution in [3.63, 3.8) is 0 Å². The highest BCUT2D eigenvalue weighted by molar-refractivity contribution is 5.88. The van der Waals surface area contributed by atoms with Crippen molar-refractivity contribution in [3.05, 3.63) is 41.5 Å². The predicted molar refractivity (Wildman–Crippen MR) is 191 cm³/mol. The normalized spacial score (nSPS) is 35.5. The van der Waals surface area contributed by atoms with Crippen LogP contribution in [0.5, 0.6) is 0 Å². The molecular formula is C41H58N2O7. The highest BCUT2D eigenvalue weighted by atomic mass is 16.4. The second-order valence-corrected chi connectivity index (χ2v) is 17.5. The molecule has 0 bridgehead atoms. The Hall–Kier alpha value is -3.20. The number of allylic oxidation sites excluding steroid dienone is 2. The largest absolute Gasteiger partial charge is 0.481 e. The van der Waals surface area contributed by atoms with Crippen LogP contribution in [0.1, 0.15) is 121 Å². The first-order chi connectivity index (χ1) is 23.6. The van der Waals surface area contributed by atoms with Crippen LogP contribution in [0.2, 0.25) is 0 Å². The summed E-state index contributed by atoms with van der Waals surface area (Å²) in [6.07, 6.45) is 13.3. The first-order valence-corrected chi connectivity index (χ1v) is 19.1. The zero-order valence-corrected chi connectivity index (χ0v) is 30.5. The lowest BCUT2D eigenvalue weighted by molar-refractivity contribution is -0.181. The number of hydrogen-bond acceptors (Lipinski definition) is 5. The van der Waals surface area contributed by atoms with Crippen molar-refractivity contribution < 1.29 is 34.5 Å². The lowest BCUT2D eigenvalue weighted by Crippen LogP contribution is -2.62. The van der Waals surface area contributed by atoms with E-state index in [2.05, 4.69) is 39.1 Å². The molecule has 50 heavy (non-hydrogen) atoms. The Morgan fingerprint density at radius 3 is 2.08 bits per heavy atom. The van der Waals surface area contributed by atoms with E-state index in [9.17, 15) is 24.3 Å². The van der Waals surface area contributed by atoms with Gasteiger partial charge in [0.1, 0.15) is 0 Å². The van der Waals surface area contributed by atoms with Gasteiger partial charge in [0.05, 0.1) is 23.8 Å². The van der Waals surface area contributed by atoms with Crippen molar-refractivity contribution in [2.45, 2.75) is 105 Å². The lowest BCUT2D eigenvalue weighted by Gasteiger charge is -2.68. The van der Waals surface area contributed by atoms with Crippen molar-refractivity contribution in [1.29, 1.82) is 0 Å². The molecule has 8 atom stereocenters. The molecule has 0 radical (unpaired) electrons. The zero-order chi connectivity index (χ0) is 36.1. The Morgan fingerprint density at radius 1 is 0.760 bits per heavy atom. The van der Waals surface area contributed by atoms with E-state index in [0.717, 1.165) is 44.1 Å². The minimum Gasteiger partial charge on any atom is -0.481 e. The first kappa shape index (κ1) is 36.6. The van der Waals surface area contributed by atoms with Gasteiger partial charge in [-0.15, -0.1) is 0 Å². The minimum absolute atomic E-state index is 0.0298. The molecule has 274 valence electrons. The fourth-order valence-electron chi connectivity index (χ4n) is 12.8. The van der Waals surface area contributed by atoms with Crippen molar-refractivity contribution >= 4 is 29.4 Å². The van der Waals surface area contributed by atoms with Gasteiger partial charge in [-0.2, -0.15) is 0 Å². The van der Waals surface area contributed by atoms with Gasteiger partial charge in [-0.3, -0.25) is 14.4 Å². The van der Waals surface area contributed by atoms with Gasteiger partial charge in [0.2, 0.25) is 5.91 Å². The predicted octanol–water partition coefficient (Wildman–Crippen LogP) is 7.21. The quantitative estimate of drug-likeness (QED) is 0.180. The van der Waals surface area contributed by atoms with Crippen molar-refractivity contribution in [2.75, 3.05) is 26.2 Å². The Bertz CT molecular complexity index is 1500. The third-order valence-electron chi connectivity index (χ3n) is 15.0. The number of nitrogens with zero attached hydrogens (tertiary/aromatic N) is 1. The van der Waals surface area contributed by atoms with Gasteiger partial charge in [0, 0.05) is 26.2 Å². The molecular weight excluding hydrogens is 632 g/mol. The highest BCUT2D eigenvalue weighted by Crippen LogP contribution is 2.73. The monoisotopic (exact) mass is 690 g/mol. The van der Waals surface area contributed by atoms with Crippen molar-refractivity contribution in [2.24, 2.45) is 51.2 Å². The summed E-state index contributed by atoms with van der Waals surface area (Å²) < 4.78 is 0. The molecule has 1 amide bonds. The summed E-state index contributed by atoms with van der Waals surface area (Å²) in [4.78, 5) is 49.8. The Labute approximate surface area is 297 Å². The van der Waals surface area contributed by atoms with E-state index >= 15 is 0 Å². The summed E-state index contributed by atoms with van der Waals surface area (Å²) in [7, 11) is 0. The fraction of sp³-hybridized carbons (Fsp3) is 0.707. The van der Waals surface area contributed by atoms with Crippen LogP contribution in [0.3, 0.4) is 0 Å². The van der Waals surface area contributed by atoms with Gasteiger partial charge in [-0.05, 0) is 127 Å². The number of hydrogen-bond donors (Lipinski definition) is 4. The fourth-order valence-corrected chi connectivity index (χ4v) is 12.8. The molecule has 9 heteroatoms. The van der Waals surface area contributed by atoms with E-state index in [1.165, 1.54) is 31.3 Å². The van der Waals surface area contributed by atoms with Crippen LogP contribution in [0.15, 0.2) is 30.3 Å². The topological polar surface area (TPSA) is 144 Å². The molecule has 0 spiro atoms. The second-order valence-electron chi connectivity index (χ2n) is 17.5. The third kappa shape index (κ3) is 6.30. The van der Waals surface area contributed by atoms with Crippen LogP contribution in [0.4, 0.5) is 0 Å². The molecule has 0 aliphatic heterocycles. The molecule has 0 aromatic heterocycles. The summed E-state index contributed by atoms with van der Waals surface area (Å²) >= 11 is 0. The molecule has 0 saturated heterocycles. The summed E-state index contributed by atoms with van der Waals surface area (Å²) in [6.45, 7) is 11.3. The molecule has 1 aromatic rings. The number of carbonyl (C=O) groups excluding carboxylic acids is 1. The number of carboxylic acid groups (broad SMARTS) is 3. The van der Waals surface area contributed by atoms with Gasteiger partial charge < -0.3 is 25.5 Å². The molecule has 4 saturated carbocycles. The maximum atomic E-state index is 14.1. The first-order valence-electron chi connectivity index (χ1n) is 19.1. The van der Waals surface area contributed by atoms with E-state index in [-0.39, 0.29) is 53.5 Å². The number of benzene rings is 1. The zero-order valence-electron chi connectivity index (χ0n) is 30.5. The number of carboxylic acids is 3. The van der Waals surface area contributed by atoms with E-state index in [1.54, 1.807) is 12.1 Å². The standard InChI is InChI=1S/C41H58N2O7/c1-38(2)29(26-7-9-27(10-8-26)36(48)49)13-19-40(4)32(38)15-20-39(3)30-14-21-41(18-5-6-31(41)28(30)11-12-33(39)40)37(50)42-22-25-43(23-16-34(44)45)24-17-35(46)47/h7-10,13,28,30-33H,5-6,11-12,14-25H2,1-4H3,(H,42,50)(H,44,45)(H,46,47)(H,48,49). The van der Waals surface area contributed by atoms with Gasteiger partial charge >= 0.3 is 17.9 Å². The maximum absolute atomic E-state index is 14.1. The summed E-state index contributed by atoms with van der Waals surface area (Å²) in [5.74, 6) is 0.141. The molecule has 5 aliphatic carbocycles. The van der Waals surface area contributed by atoms with E-state index < -0.39 is 17.9 Å². The van der Waals surface area contributed by atoms with Crippen LogP contribution in [-0.4, -0.2) is 70.2 Å². The molecule has 1 aromatic carbocycles. The third-order valence-corrected chi connectivity index (χ3v) is 15.0. The SMILES string of the molecule is CC1(C)C(c2ccc(C(=O)O)cc2)=CCC2(C)C1CCC1(C)C3CCC4(C(=O)NCCN(CCC(=O)O)CCC(=O)O)CCCC4C3CCC12. The van der Waals surface area contributed by atoms with Gasteiger partial charge in [0.15, 0.2) is 0 Å². The van der Waals surface area contributed by atoms with E-state index in [4.69, 9.17) is 10.2 Å². The lowest BCUT2D eigenvalue weighted by atomic mass is 9.36. The number of nitrogens with one attached hydrogen (secondary N) is 1. The molecule has 9 nitrogen and oxygen atoms in total. The number of aliphatic carboxylic acids is 2.